The van der Waals surface area contributed by atoms with E-state index in [0.717, 1.165) is 31.7 Å². The molecule has 1 atom stereocenters. The molecule has 1 N–H and O–H groups in total. The molecule has 1 fully saturated rings. The van der Waals surface area contributed by atoms with Crippen molar-refractivity contribution < 1.29 is 4.39 Å². The van der Waals surface area contributed by atoms with Gasteiger partial charge in [0.2, 0.25) is 0 Å². The van der Waals surface area contributed by atoms with E-state index in [-0.39, 0.29) is 11.9 Å². The van der Waals surface area contributed by atoms with Crippen molar-refractivity contribution >= 4 is 0 Å². The van der Waals surface area contributed by atoms with Crippen LogP contribution in [0.15, 0.2) is 78.9 Å². The summed E-state index contributed by atoms with van der Waals surface area (Å²) in [6.07, 6.45) is 0. The quantitative estimate of drug-likeness (QED) is 0.749. The molecule has 1 heterocycles. The summed E-state index contributed by atoms with van der Waals surface area (Å²) in [4.78, 5) is 2.43. The summed E-state index contributed by atoms with van der Waals surface area (Å²) in [5.74, 6) is -0.177. The van der Waals surface area contributed by atoms with Crippen LogP contribution in [0, 0.1) is 5.82 Å². The van der Waals surface area contributed by atoms with Gasteiger partial charge < -0.3 is 5.32 Å². The maximum atomic E-state index is 13.9. The lowest BCUT2D eigenvalue weighted by molar-refractivity contribution is 0.198. The first-order valence-corrected chi connectivity index (χ1v) is 9.17. The van der Waals surface area contributed by atoms with Gasteiger partial charge >= 0.3 is 0 Å². The Labute approximate surface area is 154 Å². The third-order valence-electron chi connectivity index (χ3n) is 5.01. The Bertz CT molecular complexity index is 840. The van der Waals surface area contributed by atoms with Crippen LogP contribution in [0.25, 0.3) is 11.1 Å². The van der Waals surface area contributed by atoms with Gasteiger partial charge in [-0.25, -0.2) is 4.39 Å². The molecular weight excluding hydrogens is 323 g/mol. The molecule has 0 aliphatic carbocycles. The highest BCUT2D eigenvalue weighted by atomic mass is 19.1. The predicted molar refractivity (Wildman–Crippen MR) is 105 cm³/mol. The number of rotatable bonds is 4. The van der Waals surface area contributed by atoms with Crippen LogP contribution in [0.5, 0.6) is 0 Å². The second-order valence-electron chi connectivity index (χ2n) is 6.73. The zero-order valence-electron chi connectivity index (χ0n) is 14.7. The van der Waals surface area contributed by atoms with Gasteiger partial charge in [-0.1, -0.05) is 66.7 Å². The lowest BCUT2D eigenvalue weighted by Gasteiger charge is -2.35. The average Bonchev–Trinajstić information content (AvgIpc) is 2.70. The summed E-state index contributed by atoms with van der Waals surface area (Å²) in [7, 11) is 0. The van der Waals surface area contributed by atoms with Crippen LogP contribution in [0.3, 0.4) is 0 Å². The molecule has 3 heteroatoms. The molecule has 0 radical (unpaired) electrons. The molecule has 0 aromatic heterocycles. The second-order valence-corrected chi connectivity index (χ2v) is 6.73. The van der Waals surface area contributed by atoms with Crippen LogP contribution >= 0.6 is 0 Å². The zero-order chi connectivity index (χ0) is 17.8. The smallest absolute Gasteiger partial charge is 0.123 e. The number of nitrogens with zero attached hydrogens (tertiary/aromatic N) is 1. The van der Waals surface area contributed by atoms with Crippen molar-refractivity contribution in [3.8, 4) is 11.1 Å². The van der Waals surface area contributed by atoms with Crippen molar-refractivity contribution in [3.63, 3.8) is 0 Å². The van der Waals surface area contributed by atoms with Gasteiger partial charge in [-0.05, 0) is 34.4 Å². The zero-order valence-corrected chi connectivity index (χ0v) is 14.7. The van der Waals surface area contributed by atoms with Gasteiger partial charge in [-0.15, -0.1) is 0 Å². The summed E-state index contributed by atoms with van der Waals surface area (Å²) < 4.78 is 13.9. The molecule has 4 rings (SSSR count). The summed E-state index contributed by atoms with van der Waals surface area (Å²) in [6, 6.07) is 26.2. The fourth-order valence-corrected chi connectivity index (χ4v) is 3.72. The number of benzene rings is 3. The lowest BCUT2D eigenvalue weighted by Crippen LogP contribution is -2.45. The largest absolute Gasteiger partial charge is 0.314 e. The van der Waals surface area contributed by atoms with E-state index in [1.807, 2.05) is 12.1 Å². The van der Waals surface area contributed by atoms with Crippen molar-refractivity contribution in [2.45, 2.75) is 6.04 Å². The SMILES string of the molecule is Fc1cccc(C(c2ccc(-c3ccccc3)cc2)N2CCNCC2)c1. The Hall–Kier alpha value is -2.49. The van der Waals surface area contributed by atoms with Gasteiger partial charge in [0.05, 0.1) is 6.04 Å². The van der Waals surface area contributed by atoms with Crippen LogP contribution < -0.4 is 5.32 Å². The van der Waals surface area contributed by atoms with Crippen LogP contribution in [0.4, 0.5) is 4.39 Å². The van der Waals surface area contributed by atoms with Crippen LogP contribution in [0.1, 0.15) is 17.2 Å². The van der Waals surface area contributed by atoms with E-state index in [0.29, 0.717) is 0 Å². The van der Waals surface area contributed by atoms with E-state index < -0.39 is 0 Å². The Morgan fingerprint density at radius 2 is 1.42 bits per heavy atom. The van der Waals surface area contributed by atoms with Gasteiger partial charge in [0, 0.05) is 26.2 Å². The number of hydrogen-bond acceptors (Lipinski definition) is 2. The highest BCUT2D eigenvalue weighted by Crippen LogP contribution is 2.31. The molecule has 1 unspecified atom stereocenters. The van der Waals surface area contributed by atoms with E-state index in [1.165, 1.54) is 22.8 Å². The average molecular weight is 346 g/mol. The van der Waals surface area contributed by atoms with E-state index in [2.05, 4.69) is 58.7 Å². The van der Waals surface area contributed by atoms with Crippen molar-refractivity contribution in [2.75, 3.05) is 26.2 Å². The van der Waals surface area contributed by atoms with Crippen molar-refractivity contribution in [2.24, 2.45) is 0 Å². The van der Waals surface area contributed by atoms with E-state index in [1.54, 1.807) is 12.1 Å². The first kappa shape index (κ1) is 17.0. The van der Waals surface area contributed by atoms with Crippen molar-refractivity contribution in [1.82, 2.24) is 10.2 Å². The monoisotopic (exact) mass is 346 g/mol. The Kier molecular flexibility index (Phi) is 5.09. The molecule has 1 saturated heterocycles. The molecule has 0 bridgehead atoms. The summed E-state index contributed by atoms with van der Waals surface area (Å²) in [5, 5.41) is 3.40. The van der Waals surface area contributed by atoms with Crippen LogP contribution in [-0.2, 0) is 0 Å². The minimum atomic E-state index is -0.177. The van der Waals surface area contributed by atoms with Crippen molar-refractivity contribution in [3.05, 3.63) is 95.8 Å². The third kappa shape index (κ3) is 3.69. The summed E-state index contributed by atoms with van der Waals surface area (Å²) in [6.45, 7) is 3.85. The Morgan fingerprint density at radius 3 is 2.12 bits per heavy atom. The number of nitrogens with one attached hydrogen (secondary N) is 1. The molecule has 0 spiro atoms. The molecule has 26 heavy (non-hydrogen) atoms. The first-order chi connectivity index (χ1) is 12.8. The molecule has 132 valence electrons. The molecule has 1 aliphatic heterocycles. The molecular formula is C23H23FN2. The summed E-state index contributed by atoms with van der Waals surface area (Å²) >= 11 is 0. The molecule has 1 aliphatic rings. The standard InChI is InChI=1S/C23H23FN2/c24-22-8-4-7-21(17-22)23(26-15-13-25-14-16-26)20-11-9-19(10-12-20)18-5-2-1-3-6-18/h1-12,17,23,25H,13-16H2. The Morgan fingerprint density at radius 1 is 0.731 bits per heavy atom. The third-order valence-corrected chi connectivity index (χ3v) is 5.01. The normalized spacial score (nSPS) is 16.3. The van der Waals surface area contributed by atoms with Gasteiger partial charge in [0.15, 0.2) is 0 Å². The molecule has 2 nitrogen and oxygen atoms in total. The topological polar surface area (TPSA) is 15.3 Å². The fraction of sp³-hybridized carbons (Fsp3) is 0.217. The predicted octanol–water partition coefficient (Wildman–Crippen LogP) is 4.49. The fourth-order valence-electron chi connectivity index (χ4n) is 3.72. The maximum absolute atomic E-state index is 13.9. The van der Waals surface area contributed by atoms with Gasteiger partial charge in [-0.2, -0.15) is 0 Å². The minimum Gasteiger partial charge on any atom is -0.314 e. The van der Waals surface area contributed by atoms with Crippen molar-refractivity contribution in [1.29, 1.82) is 0 Å². The van der Waals surface area contributed by atoms with E-state index >= 15 is 0 Å². The van der Waals surface area contributed by atoms with E-state index in [9.17, 15) is 4.39 Å². The lowest BCUT2D eigenvalue weighted by atomic mass is 9.94. The van der Waals surface area contributed by atoms with E-state index in [4.69, 9.17) is 0 Å². The number of piperazine rings is 1. The minimum absolute atomic E-state index is 0.0811. The first-order valence-electron chi connectivity index (χ1n) is 9.17. The van der Waals surface area contributed by atoms with Gasteiger partial charge in [0.25, 0.3) is 0 Å². The second kappa shape index (κ2) is 7.81. The molecule has 0 saturated carbocycles. The van der Waals surface area contributed by atoms with Gasteiger partial charge in [0.1, 0.15) is 5.82 Å². The van der Waals surface area contributed by atoms with Crippen LogP contribution in [-0.4, -0.2) is 31.1 Å². The highest BCUT2D eigenvalue weighted by molar-refractivity contribution is 5.63. The summed E-state index contributed by atoms with van der Waals surface area (Å²) in [5.41, 5.74) is 4.63. The number of hydrogen-bond donors (Lipinski definition) is 1. The highest BCUT2D eigenvalue weighted by Gasteiger charge is 2.24. The molecule has 0 amide bonds. The van der Waals surface area contributed by atoms with Gasteiger partial charge in [-0.3, -0.25) is 4.90 Å². The molecule has 3 aromatic carbocycles. The Balaban J connectivity index is 1.69. The maximum Gasteiger partial charge on any atom is 0.123 e. The number of halogens is 1. The molecule has 3 aromatic rings. The van der Waals surface area contributed by atoms with Crippen LogP contribution in [0.2, 0.25) is 0 Å².